The van der Waals surface area contributed by atoms with Gasteiger partial charge in [0.25, 0.3) is 0 Å². The summed E-state index contributed by atoms with van der Waals surface area (Å²) < 4.78 is 0. The first-order chi connectivity index (χ1) is 17.1. The van der Waals surface area contributed by atoms with Crippen LogP contribution in [-0.4, -0.2) is 16.2 Å². The normalized spacial score (nSPS) is 13.9. The van der Waals surface area contributed by atoms with E-state index in [0.29, 0.717) is 11.3 Å². The van der Waals surface area contributed by atoms with E-state index in [1.807, 2.05) is 0 Å². The maximum atomic E-state index is 12.3. The Bertz CT molecular complexity index is 1210. The summed E-state index contributed by atoms with van der Waals surface area (Å²) in [4.78, 5) is 12.3. The molecule has 0 saturated carbocycles. The van der Waals surface area contributed by atoms with Gasteiger partial charge in [-0.25, -0.2) is 4.79 Å². The van der Waals surface area contributed by atoms with Crippen LogP contribution in [0.4, 0.5) is 0 Å². The van der Waals surface area contributed by atoms with Crippen LogP contribution in [0.15, 0.2) is 30.8 Å². The molecule has 0 radical (unpaired) electrons. The molecular weight excluding hydrogens is 468 g/mol. The van der Waals surface area contributed by atoms with Crippen molar-refractivity contribution in [1.82, 2.24) is 0 Å². The van der Waals surface area contributed by atoms with Gasteiger partial charge in [0.15, 0.2) is 0 Å². The van der Waals surface area contributed by atoms with Gasteiger partial charge in [0.05, 0.1) is 5.57 Å². The van der Waals surface area contributed by atoms with Crippen LogP contribution in [0.25, 0.3) is 5.57 Å². The van der Waals surface area contributed by atoms with E-state index >= 15 is 0 Å². The van der Waals surface area contributed by atoms with Crippen LogP contribution >= 0.6 is 0 Å². The van der Waals surface area contributed by atoms with Gasteiger partial charge in [-0.1, -0.05) is 121 Å². The number of phenols is 1. The first kappa shape index (κ1) is 31.7. The van der Waals surface area contributed by atoms with Crippen molar-refractivity contribution in [3.63, 3.8) is 0 Å². The number of phenolic OH excluding ortho intramolecular Hbond substituents is 1. The Balaban J connectivity index is 3.11. The van der Waals surface area contributed by atoms with Crippen molar-refractivity contribution in [3.8, 4) is 5.75 Å². The van der Waals surface area contributed by atoms with E-state index < -0.39 is 5.97 Å². The molecule has 3 nitrogen and oxygen atoms in total. The lowest BCUT2D eigenvalue weighted by Crippen LogP contribution is -2.23. The summed E-state index contributed by atoms with van der Waals surface area (Å²) in [6.45, 7) is 32.2. The smallest absolute Gasteiger partial charge is 0.335 e. The van der Waals surface area contributed by atoms with Crippen molar-refractivity contribution in [1.29, 1.82) is 0 Å². The van der Waals surface area contributed by atoms with E-state index in [0.717, 1.165) is 40.7 Å². The summed E-state index contributed by atoms with van der Waals surface area (Å²) in [6.07, 6.45) is 1.85. The molecule has 0 fully saturated rings. The maximum Gasteiger partial charge on any atom is 0.335 e. The van der Waals surface area contributed by atoms with E-state index in [2.05, 4.69) is 121 Å². The Morgan fingerprint density at radius 1 is 0.763 bits per heavy atom. The number of carbonyl (C=O) groups is 1. The highest BCUT2D eigenvalue weighted by Crippen LogP contribution is 2.47. The molecule has 0 spiro atoms. The quantitative estimate of drug-likeness (QED) is 0.341. The lowest BCUT2D eigenvalue weighted by atomic mass is 9.71. The van der Waals surface area contributed by atoms with Gasteiger partial charge in [-0.05, 0) is 62.3 Å². The standard InChI is InChI=1S/C35H52O3/c1-15-34(11,12)24-18-26(30(36)28(20-24)35(13,14)16-2)21(3)25-17-23(32(5,6)7)19-27(33(8,9)10)29(25)22(4)31(37)38/h17-21,36H,4,15-16H2,1-3,5-14H3,(H,37,38). The zero-order valence-electron chi connectivity index (χ0n) is 26.3. The topological polar surface area (TPSA) is 57.5 Å². The van der Waals surface area contributed by atoms with E-state index in [-0.39, 0.29) is 33.2 Å². The third-order valence-corrected chi connectivity index (χ3v) is 8.75. The second-order valence-electron chi connectivity index (χ2n) is 14.4. The number of aromatic hydroxyl groups is 1. The molecule has 0 heterocycles. The molecule has 1 unspecified atom stereocenters. The largest absolute Gasteiger partial charge is 0.507 e. The predicted molar refractivity (Wildman–Crippen MR) is 163 cm³/mol. The van der Waals surface area contributed by atoms with Crippen molar-refractivity contribution < 1.29 is 15.0 Å². The summed E-state index contributed by atoms with van der Waals surface area (Å²) in [6, 6.07) is 8.63. The van der Waals surface area contributed by atoms with Crippen LogP contribution in [0.3, 0.4) is 0 Å². The summed E-state index contributed by atoms with van der Waals surface area (Å²) in [5.41, 5.74) is 6.05. The molecule has 210 valence electrons. The number of benzene rings is 2. The summed E-state index contributed by atoms with van der Waals surface area (Å²) in [5.74, 6) is -0.959. The number of hydrogen-bond donors (Lipinski definition) is 2. The van der Waals surface area contributed by atoms with Gasteiger partial charge in [0.2, 0.25) is 0 Å². The number of hydrogen-bond acceptors (Lipinski definition) is 2. The summed E-state index contributed by atoms with van der Waals surface area (Å²) >= 11 is 0. The fourth-order valence-corrected chi connectivity index (χ4v) is 4.93. The van der Waals surface area contributed by atoms with Crippen LogP contribution in [0.1, 0.15) is 148 Å². The highest BCUT2D eigenvalue weighted by atomic mass is 16.4. The van der Waals surface area contributed by atoms with Crippen LogP contribution in [-0.2, 0) is 26.5 Å². The minimum Gasteiger partial charge on any atom is -0.507 e. The van der Waals surface area contributed by atoms with Gasteiger partial charge >= 0.3 is 5.97 Å². The second kappa shape index (κ2) is 10.5. The van der Waals surface area contributed by atoms with Gasteiger partial charge in [-0.2, -0.15) is 0 Å². The third kappa shape index (κ3) is 6.19. The van der Waals surface area contributed by atoms with Crippen molar-refractivity contribution in [3.05, 3.63) is 69.8 Å². The average Bonchev–Trinajstić information content (AvgIpc) is 2.80. The Morgan fingerprint density at radius 3 is 1.66 bits per heavy atom. The molecule has 0 aliphatic heterocycles. The fourth-order valence-electron chi connectivity index (χ4n) is 4.93. The number of rotatable bonds is 8. The Hall–Kier alpha value is -2.55. The van der Waals surface area contributed by atoms with Crippen LogP contribution in [0.5, 0.6) is 5.75 Å². The zero-order chi connectivity index (χ0) is 29.6. The van der Waals surface area contributed by atoms with Crippen LogP contribution in [0.2, 0.25) is 0 Å². The van der Waals surface area contributed by atoms with Crippen molar-refractivity contribution in [2.75, 3.05) is 0 Å². The molecule has 2 rings (SSSR count). The lowest BCUT2D eigenvalue weighted by molar-refractivity contribution is -0.130. The zero-order valence-corrected chi connectivity index (χ0v) is 26.3. The molecule has 0 aromatic heterocycles. The molecule has 2 aromatic rings. The van der Waals surface area contributed by atoms with Crippen LogP contribution in [0, 0.1) is 0 Å². The predicted octanol–water partition coefficient (Wildman–Crippen LogP) is 9.61. The molecule has 0 bridgehead atoms. The molecule has 3 heteroatoms. The Kier molecular flexibility index (Phi) is 8.79. The molecule has 0 saturated heterocycles. The Labute approximate surface area is 232 Å². The highest BCUT2D eigenvalue weighted by Gasteiger charge is 2.33. The third-order valence-electron chi connectivity index (χ3n) is 8.75. The molecule has 38 heavy (non-hydrogen) atoms. The maximum absolute atomic E-state index is 12.3. The van der Waals surface area contributed by atoms with E-state index in [1.54, 1.807) is 0 Å². The minimum absolute atomic E-state index is 0.0714. The number of carboxylic acid groups (broad SMARTS) is 1. The van der Waals surface area contributed by atoms with Crippen molar-refractivity contribution >= 4 is 11.5 Å². The SMILES string of the molecule is C=C(C(=O)O)c1c(C(C)c2cc(C(C)(C)CC)cc(C(C)(C)CC)c2O)cc(C(C)(C)C)cc1C(C)(C)C. The molecular formula is C35H52O3. The van der Waals surface area contributed by atoms with Gasteiger partial charge < -0.3 is 10.2 Å². The first-order valence-corrected chi connectivity index (χ1v) is 14.1. The van der Waals surface area contributed by atoms with E-state index in [4.69, 9.17) is 0 Å². The minimum atomic E-state index is -1.02. The molecule has 2 N–H and O–H groups in total. The van der Waals surface area contributed by atoms with Gasteiger partial charge in [-0.3, -0.25) is 0 Å². The van der Waals surface area contributed by atoms with Gasteiger partial charge in [0.1, 0.15) is 5.75 Å². The van der Waals surface area contributed by atoms with Crippen molar-refractivity contribution in [2.24, 2.45) is 0 Å². The van der Waals surface area contributed by atoms with Crippen molar-refractivity contribution in [2.45, 2.75) is 130 Å². The summed E-state index contributed by atoms with van der Waals surface area (Å²) in [7, 11) is 0. The number of carboxylic acids is 1. The van der Waals surface area contributed by atoms with E-state index in [9.17, 15) is 15.0 Å². The monoisotopic (exact) mass is 520 g/mol. The first-order valence-electron chi connectivity index (χ1n) is 14.1. The van der Waals surface area contributed by atoms with Gasteiger partial charge in [-0.15, -0.1) is 0 Å². The molecule has 0 aliphatic rings. The Morgan fingerprint density at radius 2 is 1.24 bits per heavy atom. The molecule has 0 amide bonds. The fraction of sp³-hybridized carbons (Fsp3) is 0.571. The molecule has 2 aromatic carbocycles. The lowest BCUT2D eigenvalue weighted by Gasteiger charge is -2.34. The van der Waals surface area contributed by atoms with Gasteiger partial charge in [0, 0.05) is 17.0 Å². The summed E-state index contributed by atoms with van der Waals surface area (Å²) in [5, 5.41) is 21.9. The second-order valence-corrected chi connectivity index (χ2v) is 14.4. The van der Waals surface area contributed by atoms with Crippen LogP contribution < -0.4 is 0 Å². The van der Waals surface area contributed by atoms with E-state index in [1.165, 1.54) is 5.56 Å². The average molecular weight is 521 g/mol. The highest BCUT2D eigenvalue weighted by molar-refractivity contribution is 6.15. The number of aliphatic carboxylic acids is 1. The molecule has 0 aliphatic carbocycles. The molecule has 1 atom stereocenters.